The van der Waals surface area contributed by atoms with E-state index < -0.39 is 0 Å². The van der Waals surface area contributed by atoms with Crippen molar-refractivity contribution in [1.29, 1.82) is 0 Å². The second-order valence-corrected chi connectivity index (χ2v) is 6.17. The zero-order chi connectivity index (χ0) is 15.8. The van der Waals surface area contributed by atoms with E-state index in [1.54, 1.807) is 0 Å². The van der Waals surface area contributed by atoms with Crippen LogP contribution in [0.25, 0.3) is 28.1 Å². The Morgan fingerprint density at radius 3 is 2.39 bits per heavy atom. The van der Waals surface area contributed by atoms with E-state index >= 15 is 0 Å². The molecule has 23 heavy (non-hydrogen) atoms. The lowest BCUT2D eigenvalue weighted by Gasteiger charge is -2.10. The molecule has 2 nitrogen and oxygen atoms in total. The van der Waals surface area contributed by atoms with Gasteiger partial charge in [0.1, 0.15) is 11.6 Å². The number of imidazole rings is 1. The molecule has 4 rings (SSSR count). The largest absolute Gasteiger partial charge is 0.292 e. The van der Waals surface area contributed by atoms with Crippen molar-refractivity contribution >= 4 is 27.0 Å². The second kappa shape index (κ2) is 5.63. The summed E-state index contributed by atoms with van der Waals surface area (Å²) in [6, 6.07) is 22.7. The van der Waals surface area contributed by atoms with Gasteiger partial charge in [-0.15, -0.1) is 0 Å². The first kappa shape index (κ1) is 14.2. The van der Waals surface area contributed by atoms with Crippen LogP contribution in [0.3, 0.4) is 0 Å². The highest BCUT2D eigenvalue weighted by Crippen LogP contribution is 2.30. The second-order valence-electron chi connectivity index (χ2n) is 5.25. The van der Waals surface area contributed by atoms with Crippen LogP contribution in [0.15, 0.2) is 77.3 Å². The van der Waals surface area contributed by atoms with Gasteiger partial charge in [0.25, 0.3) is 0 Å². The molecule has 0 atom stereocenters. The van der Waals surface area contributed by atoms with Gasteiger partial charge in [-0.2, -0.15) is 0 Å². The van der Waals surface area contributed by atoms with Gasteiger partial charge >= 0.3 is 0 Å². The number of halogens is 2. The van der Waals surface area contributed by atoms with E-state index in [-0.39, 0.29) is 5.82 Å². The first-order chi connectivity index (χ1) is 11.2. The number of hydrogen-bond acceptors (Lipinski definition) is 1. The molecule has 4 aromatic rings. The fourth-order valence-corrected chi connectivity index (χ4v) is 3.19. The summed E-state index contributed by atoms with van der Waals surface area (Å²) in [6.45, 7) is 0. The molecule has 0 fully saturated rings. The van der Waals surface area contributed by atoms with Crippen molar-refractivity contribution in [3.8, 4) is 17.1 Å². The minimum Gasteiger partial charge on any atom is -0.292 e. The molecule has 1 heterocycles. The average molecular weight is 367 g/mol. The van der Waals surface area contributed by atoms with Crippen LogP contribution in [-0.4, -0.2) is 9.55 Å². The molecule has 0 aliphatic heterocycles. The maximum atomic E-state index is 13.9. The Morgan fingerprint density at radius 2 is 1.61 bits per heavy atom. The first-order valence-electron chi connectivity index (χ1n) is 7.22. The number of hydrogen-bond donors (Lipinski definition) is 0. The molecule has 0 amide bonds. The first-order valence-corrected chi connectivity index (χ1v) is 8.01. The highest BCUT2D eigenvalue weighted by atomic mass is 79.9. The Bertz CT molecular complexity index is 973. The number of rotatable bonds is 2. The fraction of sp³-hybridized carbons (Fsp3) is 0. The van der Waals surface area contributed by atoms with Crippen LogP contribution in [0.2, 0.25) is 0 Å². The minimum absolute atomic E-state index is 0.286. The Labute approximate surface area is 141 Å². The summed E-state index contributed by atoms with van der Waals surface area (Å²) in [6.07, 6.45) is 0. The Kier molecular flexibility index (Phi) is 3.46. The summed E-state index contributed by atoms with van der Waals surface area (Å²) in [7, 11) is 0. The predicted octanol–water partition coefficient (Wildman–Crippen LogP) is 5.59. The molecule has 0 unspecified atom stereocenters. The summed E-state index contributed by atoms with van der Waals surface area (Å²) < 4.78 is 16.6. The van der Waals surface area contributed by atoms with Gasteiger partial charge in [-0.1, -0.05) is 58.4 Å². The predicted molar refractivity (Wildman–Crippen MR) is 94.2 cm³/mol. The lowest BCUT2D eigenvalue weighted by Crippen LogP contribution is -1.98. The summed E-state index contributed by atoms with van der Waals surface area (Å²) in [5.41, 5.74) is 3.56. The fourth-order valence-electron chi connectivity index (χ4n) is 2.74. The van der Waals surface area contributed by atoms with Gasteiger partial charge in [-0.05, 0) is 30.3 Å². The van der Waals surface area contributed by atoms with E-state index in [0.717, 1.165) is 28.1 Å². The van der Waals surface area contributed by atoms with Crippen molar-refractivity contribution in [1.82, 2.24) is 9.55 Å². The van der Waals surface area contributed by atoms with Gasteiger partial charge in [-0.3, -0.25) is 4.57 Å². The summed E-state index contributed by atoms with van der Waals surface area (Å²) in [5.74, 6) is 0.510. The molecule has 112 valence electrons. The molecular formula is C19H12BrFN2. The minimum atomic E-state index is -0.286. The molecule has 0 N–H and O–H groups in total. The smallest absolute Gasteiger partial charge is 0.145 e. The molecule has 0 saturated heterocycles. The Balaban J connectivity index is 2.07. The van der Waals surface area contributed by atoms with Crippen LogP contribution in [-0.2, 0) is 0 Å². The molecule has 0 radical (unpaired) electrons. The molecular weight excluding hydrogens is 355 g/mol. The Morgan fingerprint density at radius 1 is 0.870 bits per heavy atom. The van der Waals surface area contributed by atoms with Crippen LogP contribution in [0.4, 0.5) is 4.39 Å². The molecule has 3 aromatic carbocycles. The third kappa shape index (κ3) is 2.55. The van der Waals surface area contributed by atoms with E-state index in [1.807, 2.05) is 65.2 Å². The monoisotopic (exact) mass is 366 g/mol. The zero-order valence-electron chi connectivity index (χ0n) is 12.1. The van der Waals surface area contributed by atoms with Crippen molar-refractivity contribution in [3.05, 3.63) is 83.1 Å². The third-order valence-electron chi connectivity index (χ3n) is 3.70. The van der Waals surface area contributed by atoms with Gasteiger partial charge in [0.2, 0.25) is 0 Å². The van der Waals surface area contributed by atoms with Crippen LogP contribution in [0.1, 0.15) is 0 Å². The van der Waals surface area contributed by atoms with Crippen LogP contribution in [0, 0.1) is 5.82 Å². The zero-order valence-corrected chi connectivity index (χ0v) is 13.7. The summed E-state index contributed by atoms with van der Waals surface area (Å²) in [5, 5.41) is 0. The van der Waals surface area contributed by atoms with Crippen LogP contribution >= 0.6 is 15.9 Å². The van der Waals surface area contributed by atoms with E-state index in [9.17, 15) is 4.39 Å². The standard InChI is InChI=1S/C19H12BrFN2/c20-14-10-15(21)12-16(11-14)23-18-9-5-4-8-17(18)22-19(23)13-6-2-1-3-7-13/h1-12H. The van der Waals surface area contributed by atoms with Gasteiger partial charge in [-0.25, -0.2) is 9.37 Å². The van der Waals surface area contributed by atoms with Crippen molar-refractivity contribution < 1.29 is 4.39 Å². The quantitative estimate of drug-likeness (QED) is 0.451. The van der Waals surface area contributed by atoms with Crippen molar-refractivity contribution in [2.24, 2.45) is 0 Å². The number of nitrogens with zero attached hydrogens (tertiary/aromatic N) is 2. The summed E-state index contributed by atoms with van der Waals surface area (Å²) >= 11 is 3.37. The SMILES string of the molecule is Fc1cc(Br)cc(-n2c(-c3ccccc3)nc3ccccc32)c1. The highest BCUT2D eigenvalue weighted by Gasteiger charge is 2.14. The van der Waals surface area contributed by atoms with Crippen molar-refractivity contribution in [2.75, 3.05) is 0 Å². The van der Waals surface area contributed by atoms with Gasteiger partial charge in [0, 0.05) is 10.0 Å². The Hall–Kier alpha value is -2.46. The molecule has 4 heteroatoms. The van der Waals surface area contributed by atoms with Crippen LogP contribution < -0.4 is 0 Å². The molecule has 0 aliphatic carbocycles. The van der Waals surface area contributed by atoms with Crippen molar-refractivity contribution in [3.63, 3.8) is 0 Å². The van der Waals surface area contributed by atoms with E-state index in [2.05, 4.69) is 15.9 Å². The maximum Gasteiger partial charge on any atom is 0.145 e. The van der Waals surface area contributed by atoms with Crippen LogP contribution in [0.5, 0.6) is 0 Å². The number of fused-ring (bicyclic) bond motifs is 1. The number of aromatic nitrogens is 2. The topological polar surface area (TPSA) is 17.8 Å². The lowest BCUT2D eigenvalue weighted by atomic mass is 10.2. The van der Waals surface area contributed by atoms with Gasteiger partial charge in [0.05, 0.1) is 16.7 Å². The molecule has 0 saturated carbocycles. The molecule has 0 aliphatic rings. The van der Waals surface area contributed by atoms with E-state index in [4.69, 9.17) is 4.98 Å². The molecule has 1 aromatic heterocycles. The molecule has 0 spiro atoms. The van der Waals surface area contributed by atoms with Gasteiger partial charge in [0.15, 0.2) is 0 Å². The average Bonchev–Trinajstić information content (AvgIpc) is 2.94. The highest BCUT2D eigenvalue weighted by molar-refractivity contribution is 9.10. The molecule has 0 bridgehead atoms. The van der Waals surface area contributed by atoms with Crippen molar-refractivity contribution in [2.45, 2.75) is 0 Å². The van der Waals surface area contributed by atoms with E-state index in [0.29, 0.717) is 4.47 Å². The van der Waals surface area contributed by atoms with E-state index in [1.165, 1.54) is 12.1 Å². The summed E-state index contributed by atoms with van der Waals surface area (Å²) in [4.78, 5) is 4.74. The normalized spacial score (nSPS) is 11.0. The number of para-hydroxylation sites is 2. The maximum absolute atomic E-state index is 13.9. The van der Waals surface area contributed by atoms with Gasteiger partial charge < -0.3 is 0 Å². The third-order valence-corrected chi connectivity index (χ3v) is 4.16. The number of benzene rings is 3. The lowest BCUT2D eigenvalue weighted by molar-refractivity contribution is 0.626.